The molecule has 0 bridgehead atoms. The van der Waals surface area contributed by atoms with E-state index in [1.807, 2.05) is 0 Å². The number of benzene rings is 1. The van der Waals surface area contributed by atoms with Crippen molar-refractivity contribution in [1.29, 1.82) is 0 Å². The van der Waals surface area contributed by atoms with Gasteiger partial charge in [0.05, 0.1) is 0 Å². The van der Waals surface area contributed by atoms with Crippen LogP contribution in [0.1, 0.15) is 0 Å². The van der Waals surface area contributed by atoms with Crippen LogP contribution in [0.5, 0.6) is 0 Å². The van der Waals surface area contributed by atoms with Gasteiger partial charge in [0.1, 0.15) is 0 Å². The highest BCUT2D eigenvalue weighted by atomic mass is 35.5. The van der Waals surface area contributed by atoms with Crippen LogP contribution in [-0.2, 0) is 0 Å². The quantitative estimate of drug-likeness (QED) is 0.322. The Bertz CT molecular complexity index is 281. The standard InChI is InChI=1S/C6H2F4S.ClH.4FH/c7-2-1-3(11)5(9)6(10)4(2)8;;;;;/h1,11H;5*1H. The van der Waals surface area contributed by atoms with Crippen LogP contribution in [0.3, 0.4) is 0 Å². The normalized spacial score (nSPS) is 7.06. The maximum atomic E-state index is 12.3. The van der Waals surface area contributed by atoms with Gasteiger partial charge in [-0.1, -0.05) is 0 Å². The van der Waals surface area contributed by atoms with Crippen molar-refractivity contribution in [1.82, 2.24) is 0 Å². The molecular formula is C6H7ClF8S. The van der Waals surface area contributed by atoms with Gasteiger partial charge in [-0.15, -0.1) is 25.0 Å². The number of thiol groups is 1. The highest BCUT2D eigenvalue weighted by molar-refractivity contribution is 7.80. The molecule has 10 heteroatoms. The van der Waals surface area contributed by atoms with Crippen LogP contribution in [-0.4, -0.2) is 0 Å². The average molecular weight is 299 g/mol. The van der Waals surface area contributed by atoms with Crippen LogP contribution in [0.25, 0.3) is 0 Å². The van der Waals surface area contributed by atoms with Crippen molar-refractivity contribution in [3.8, 4) is 0 Å². The highest BCUT2D eigenvalue weighted by Gasteiger charge is 2.16. The molecule has 1 rings (SSSR count). The van der Waals surface area contributed by atoms with Crippen LogP contribution in [0.15, 0.2) is 11.0 Å². The third kappa shape index (κ3) is 5.40. The zero-order valence-corrected chi connectivity index (χ0v) is 8.79. The van der Waals surface area contributed by atoms with Gasteiger partial charge in [-0.25, -0.2) is 17.6 Å². The van der Waals surface area contributed by atoms with E-state index in [0.29, 0.717) is 6.07 Å². The van der Waals surface area contributed by atoms with Gasteiger partial charge in [-0.2, -0.15) is 0 Å². The van der Waals surface area contributed by atoms with Gasteiger partial charge in [-0.3, -0.25) is 18.8 Å². The molecule has 0 atom stereocenters. The van der Waals surface area contributed by atoms with Crippen LogP contribution >= 0.6 is 25.0 Å². The van der Waals surface area contributed by atoms with Crippen LogP contribution < -0.4 is 0 Å². The number of hydrogen-bond donors (Lipinski definition) is 1. The van der Waals surface area contributed by atoms with Crippen LogP contribution in [0, 0.1) is 23.3 Å². The van der Waals surface area contributed by atoms with Gasteiger partial charge in [0.15, 0.2) is 23.3 Å². The van der Waals surface area contributed by atoms with Crippen molar-refractivity contribution in [3.63, 3.8) is 0 Å². The molecule has 0 heterocycles. The molecule has 0 saturated heterocycles. The Labute approximate surface area is 96.3 Å². The summed E-state index contributed by atoms with van der Waals surface area (Å²) in [6, 6.07) is 0.469. The van der Waals surface area contributed by atoms with E-state index in [4.69, 9.17) is 0 Å². The molecule has 0 saturated carbocycles. The van der Waals surface area contributed by atoms with E-state index in [1.54, 1.807) is 0 Å². The Kier molecular flexibility index (Phi) is 19.9. The van der Waals surface area contributed by atoms with Gasteiger partial charge in [0.2, 0.25) is 0 Å². The maximum Gasteiger partial charge on any atom is 0.198 e. The van der Waals surface area contributed by atoms with Crippen molar-refractivity contribution in [2.45, 2.75) is 4.90 Å². The fourth-order valence-corrected chi connectivity index (χ4v) is 0.772. The molecule has 0 amide bonds. The molecule has 1 aromatic carbocycles. The van der Waals surface area contributed by atoms with E-state index >= 15 is 0 Å². The smallest absolute Gasteiger partial charge is 0.198 e. The molecule has 0 nitrogen and oxygen atoms in total. The second-order valence-corrected chi connectivity index (χ2v) is 2.30. The Hall–Kier alpha value is -0.700. The van der Waals surface area contributed by atoms with Crippen molar-refractivity contribution in [3.05, 3.63) is 29.3 Å². The Balaban J connectivity index is -0.0000000807. The first-order valence-electron chi connectivity index (χ1n) is 2.56. The number of hydrogen-bond acceptors (Lipinski definition) is 1. The molecule has 1 aromatic rings. The fourth-order valence-electron chi connectivity index (χ4n) is 0.560. The summed E-state index contributed by atoms with van der Waals surface area (Å²) in [4.78, 5) is -0.554. The number of halogens is 9. The van der Waals surface area contributed by atoms with E-state index in [0.717, 1.165) is 0 Å². The molecular weight excluding hydrogens is 292 g/mol. The maximum absolute atomic E-state index is 12.3. The van der Waals surface area contributed by atoms with Gasteiger partial charge in [0, 0.05) is 4.90 Å². The molecule has 0 unspecified atom stereocenters. The van der Waals surface area contributed by atoms with E-state index in [1.165, 1.54) is 0 Å². The molecule has 0 aliphatic carbocycles. The van der Waals surface area contributed by atoms with Gasteiger partial charge in [-0.05, 0) is 6.07 Å². The van der Waals surface area contributed by atoms with Crippen molar-refractivity contribution in [2.75, 3.05) is 0 Å². The van der Waals surface area contributed by atoms with Gasteiger partial charge >= 0.3 is 0 Å². The summed E-state index contributed by atoms with van der Waals surface area (Å²) in [6.07, 6.45) is 0. The minimum atomic E-state index is -1.84. The van der Waals surface area contributed by atoms with E-state index in [-0.39, 0.29) is 31.2 Å². The first-order chi connectivity index (χ1) is 5.04. The third-order valence-electron chi connectivity index (χ3n) is 1.08. The Morgan fingerprint density at radius 1 is 0.750 bits per heavy atom. The Morgan fingerprint density at radius 2 is 1.12 bits per heavy atom. The van der Waals surface area contributed by atoms with Gasteiger partial charge < -0.3 is 0 Å². The Morgan fingerprint density at radius 3 is 1.50 bits per heavy atom. The molecule has 0 aliphatic heterocycles. The first kappa shape index (κ1) is 29.5. The van der Waals surface area contributed by atoms with Crippen LogP contribution in [0.2, 0.25) is 0 Å². The molecule has 0 aromatic heterocycles. The zero-order chi connectivity index (χ0) is 8.59. The predicted octanol–water partition coefficient (Wildman–Crippen LogP) is 3.56. The predicted molar refractivity (Wildman–Crippen MR) is 50.8 cm³/mol. The molecule has 0 fully saturated rings. The first-order valence-corrected chi connectivity index (χ1v) is 3.00. The largest absolute Gasteiger partial charge is 0.269 e. The minimum absolute atomic E-state index is 0. The van der Waals surface area contributed by atoms with Gasteiger partial charge in [0.25, 0.3) is 0 Å². The van der Waals surface area contributed by atoms with Crippen molar-refractivity contribution in [2.24, 2.45) is 0 Å². The molecule has 0 N–H and O–H groups in total. The lowest BCUT2D eigenvalue weighted by Gasteiger charge is -1.98. The second-order valence-electron chi connectivity index (χ2n) is 1.82. The van der Waals surface area contributed by atoms with E-state index in [2.05, 4.69) is 12.6 Å². The van der Waals surface area contributed by atoms with E-state index < -0.39 is 28.2 Å². The molecule has 0 radical (unpaired) electrons. The summed E-state index contributed by atoms with van der Waals surface area (Å²) in [6.45, 7) is 0. The second kappa shape index (κ2) is 10.8. The zero-order valence-electron chi connectivity index (χ0n) is 7.08. The van der Waals surface area contributed by atoms with Crippen molar-refractivity contribution < 1.29 is 36.4 Å². The molecule has 100 valence electrons. The lowest BCUT2D eigenvalue weighted by Crippen LogP contribution is -1.95. The molecule has 0 spiro atoms. The summed E-state index contributed by atoms with van der Waals surface area (Å²) in [7, 11) is 0. The molecule has 16 heavy (non-hydrogen) atoms. The third-order valence-corrected chi connectivity index (χ3v) is 1.41. The lowest BCUT2D eigenvalue weighted by atomic mass is 10.3. The highest BCUT2D eigenvalue weighted by Crippen LogP contribution is 2.20. The van der Waals surface area contributed by atoms with Crippen molar-refractivity contribution >= 4 is 25.0 Å². The summed E-state index contributed by atoms with van der Waals surface area (Å²) in [5.41, 5.74) is 0. The summed E-state index contributed by atoms with van der Waals surface area (Å²) in [5, 5.41) is 0. The summed E-state index contributed by atoms with van der Waals surface area (Å²) >= 11 is 3.36. The lowest BCUT2D eigenvalue weighted by molar-refractivity contribution is 0.399. The summed E-state index contributed by atoms with van der Waals surface area (Å²) in [5.74, 6) is -6.59. The average Bonchev–Trinajstić information content (AvgIpc) is 1.97. The van der Waals surface area contributed by atoms with E-state index in [9.17, 15) is 17.6 Å². The monoisotopic (exact) mass is 298 g/mol. The molecule has 0 aliphatic rings. The minimum Gasteiger partial charge on any atom is -0.269 e. The summed E-state index contributed by atoms with van der Waals surface area (Å²) < 4.78 is 48.9. The number of rotatable bonds is 0. The SMILES string of the molecule is Cl.F.F.F.F.Fc1cc(S)c(F)c(F)c1F. The topological polar surface area (TPSA) is 0 Å². The van der Waals surface area contributed by atoms with Crippen LogP contribution in [0.4, 0.5) is 36.4 Å². The fraction of sp³-hybridized carbons (Fsp3) is 0.